The Morgan fingerprint density at radius 3 is 2.81 bits per heavy atom. The quantitative estimate of drug-likeness (QED) is 0.345. The average molecular weight is 483 g/mol. The maximum atomic E-state index is 12.4. The summed E-state index contributed by atoms with van der Waals surface area (Å²) in [6.45, 7) is 2.68. The highest BCUT2D eigenvalue weighted by Crippen LogP contribution is 2.34. The van der Waals surface area contributed by atoms with Gasteiger partial charge in [-0.05, 0) is 38.0 Å². The van der Waals surface area contributed by atoms with Crippen molar-refractivity contribution in [1.82, 2.24) is 15.4 Å². The number of nitro groups is 1. The molecule has 3 rings (SSSR count). The van der Waals surface area contributed by atoms with E-state index in [0.717, 1.165) is 6.33 Å². The normalized spacial score (nSPS) is 15.7. The van der Waals surface area contributed by atoms with Crippen LogP contribution in [0.5, 0.6) is 0 Å². The highest BCUT2D eigenvalue weighted by atomic mass is 35.5. The van der Waals surface area contributed by atoms with Gasteiger partial charge in [-0.1, -0.05) is 23.2 Å². The standard InChI is InChI=1S/C19H20Cl2N6O5/c1-2-32-19(29)11-4-3-7-26(9-11)17-15(27(30)31)16(22-10-23-17)24-25-18(28)13-6-5-12(20)8-14(13)21/h5-6,8,10-11H,2-4,7,9H2,1H3,(H,25,28)(H,22,23,24). The fourth-order valence-corrected chi connectivity index (χ4v) is 3.83. The number of hydrazine groups is 1. The lowest BCUT2D eigenvalue weighted by Gasteiger charge is -2.32. The van der Waals surface area contributed by atoms with Gasteiger partial charge in [0.25, 0.3) is 5.91 Å². The largest absolute Gasteiger partial charge is 0.466 e. The molecule has 0 aliphatic carbocycles. The van der Waals surface area contributed by atoms with Gasteiger partial charge in [-0.15, -0.1) is 0 Å². The van der Waals surface area contributed by atoms with E-state index < -0.39 is 22.4 Å². The molecule has 1 saturated heterocycles. The van der Waals surface area contributed by atoms with Gasteiger partial charge < -0.3 is 9.64 Å². The lowest BCUT2D eigenvalue weighted by Crippen LogP contribution is -2.40. The van der Waals surface area contributed by atoms with Crippen LogP contribution in [0, 0.1) is 16.0 Å². The zero-order chi connectivity index (χ0) is 23.3. The topological polar surface area (TPSA) is 140 Å². The number of nitrogens with one attached hydrogen (secondary N) is 2. The molecule has 2 aromatic rings. The molecule has 11 nitrogen and oxygen atoms in total. The lowest BCUT2D eigenvalue weighted by molar-refractivity contribution is -0.383. The first-order valence-electron chi connectivity index (χ1n) is 9.74. The van der Waals surface area contributed by atoms with Crippen LogP contribution >= 0.6 is 23.2 Å². The maximum Gasteiger partial charge on any atom is 0.355 e. The zero-order valence-corrected chi connectivity index (χ0v) is 18.5. The van der Waals surface area contributed by atoms with Crippen LogP contribution in [0.4, 0.5) is 17.3 Å². The summed E-state index contributed by atoms with van der Waals surface area (Å²) in [6.07, 6.45) is 2.40. The summed E-state index contributed by atoms with van der Waals surface area (Å²) in [6, 6.07) is 4.31. The number of ether oxygens (including phenoxy) is 1. The van der Waals surface area contributed by atoms with Crippen LogP contribution in [0.1, 0.15) is 30.1 Å². The molecule has 32 heavy (non-hydrogen) atoms. The minimum absolute atomic E-state index is 0.0419. The molecule has 1 aromatic heterocycles. The summed E-state index contributed by atoms with van der Waals surface area (Å²) in [5, 5.41) is 12.3. The van der Waals surface area contributed by atoms with Gasteiger partial charge in [-0.25, -0.2) is 9.97 Å². The molecule has 13 heteroatoms. The molecule has 1 aliphatic heterocycles. The minimum atomic E-state index is -0.646. The van der Waals surface area contributed by atoms with Gasteiger partial charge in [0.1, 0.15) is 6.33 Å². The first kappa shape index (κ1) is 23.5. The minimum Gasteiger partial charge on any atom is -0.466 e. The number of nitrogens with zero attached hydrogens (tertiary/aromatic N) is 4. The molecular weight excluding hydrogens is 463 g/mol. The Balaban J connectivity index is 1.81. The summed E-state index contributed by atoms with van der Waals surface area (Å²) in [7, 11) is 0. The molecule has 0 bridgehead atoms. The van der Waals surface area contributed by atoms with Crippen molar-refractivity contribution < 1.29 is 19.2 Å². The van der Waals surface area contributed by atoms with E-state index in [1.165, 1.54) is 18.2 Å². The monoisotopic (exact) mass is 482 g/mol. The van der Waals surface area contributed by atoms with Crippen molar-refractivity contribution in [3.63, 3.8) is 0 Å². The number of esters is 1. The van der Waals surface area contributed by atoms with E-state index in [-0.39, 0.29) is 41.3 Å². The highest BCUT2D eigenvalue weighted by molar-refractivity contribution is 6.36. The number of piperidine rings is 1. The summed E-state index contributed by atoms with van der Waals surface area (Å²) >= 11 is 11.9. The van der Waals surface area contributed by atoms with Gasteiger partial charge in [0, 0.05) is 18.1 Å². The van der Waals surface area contributed by atoms with Crippen LogP contribution < -0.4 is 15.8 Å². The predicted octanol–water partition coefficient (Wildman–Crippen LogP) is 3.23. The molecule has 1 aliphatic rings. The van der Waals surface area contributed by atoms with Crippen LogP contribution in [0.3, 0.4) is 0 Å². The van der Waals surface area contributed by atoms with Crippen LogP contribution in [0.15, 0.2) is 24.5 Å². The van der Waals surface area contributed by atoms with Crippen LogP contribution in [-0.2, 0) is 9.53 Å². The zero-order valence-electron chi connectivity index (χ0n) is 17.0. The number of aromatic nitrogens is 2. The van der Waals surface area contributed by atoms with Crippen molar-refractivity contribution in [3.8, 4) is 0 Å². The Morgan fingerprint density at radius 2 is 2.12 bits per heavy atom. The van der Waals surface area contributed by atoms with E-state index in [9.17, 15) is 19.7 Å². The van der Waals surface area contributed by atoms with E-state index in [1.54, 1.807) is 11.8 Å². The summed E-state index contributed by atoms with van der Waals surface area (Å²) < 4.78 is 5.08. The maximum absolute atomic E-state index is 12.4. The number of hydrogen-bond donors (Lipinski definition) is 2. The average Bonchev–Trinajstić information content (AvgIpc) is 2.77. The number of amides is 1. The smallest absolute Gasteiger partial charge is 0.355 e. The molecule has 170 valence electrons. The number of hydrogen-bond acceptors (Lipinski definition) is 9. The number of anilines is 2. The van der Waals surface area contributed by atoms with Crippen molar-refractivity contribution >= 4 is 52.4 Å². The molecule has 2 heterocycles. The number of carbonyl (C=O) groups is 2. The fraction of sp³-hybridized carbons (Fsp3) is 0.368. The molecule has 0 radical (unpaired) electrons. The number of benzene rings is 1. The molecule has 0 spiro atoms. The third-order valence-electron chi connectivity index (χ3n) is 4.80. The fourth-order valence-electron chi connectivity index (χ4n) is 3.34. The third-order valence-corrected chi connectivity index (χ3v) is 5.34. The third kappa shape index (κ3) is 5.35. The van der Waals surface area contributed by atoms with Crippen LogP contribution in [0.25, 0.3) is 0 Å². The van der Waals surface area contributed by atoms with Crippen molar-refractivity contribution in [3.05, 3.63) is 50.2 Å². The van der Waals surface area contributed by atoms with Gasteiger partial charge >= 0.3 is 11.7 Å². The molecule has 1 unspecified atom stereocenters. The van der Waals surface area contributed by atoms with Gasteiger partial charge in [0.2, 0.25) is 11.6 Å². The van der Waals surface area contributed by atoms with Gasteiger partial charge in [0.15, 0.2) is 0 Å². The van der Waals surface area contributed by atoms with Gasteiger partial charge in [-0.2, -0.15) is 0 Å². The predicted molar refractivity (Wildman–Crippen MR) is 118 cm³/mol. The Labute approximate surface area is 193 Å². The van der Waals surface area contributed by atoms with E-state index >= 15 is 0 Å². The van der Waals surface area contributed by atoms with Gasteiger partial charge in [0.05, 0.1) is 28.0 Å². The van der Waals surface area contributed by atoms with Crippen molar-refractivity contribution in [2.45, 2.75) is 19.8 Å². The second-order valence-corrected chi connectivity index (χ2v) is 7.74. The molecular formula is C19H20Cl2N6O5. The van der Waals surface area contributed by atoms with E-state index in [1.807, 2.05) is 0 Å². The second kappa shape index (κ2) is 10.4. The molecule has 1 fully saturated rings. The molecule has 1 aromatic carbocycles. The van der Waals surface area contributed by atoms with Crippen molar-refractivity contribution in [1.29, 1.82) is 0 Å². The molecule has 1 atom stereocenters. The van der Waals surface area contributed by atoms with E-state index in [2.05, 4.69) is 20.8 Å². The van der Waals surface area contributed by atoms with Crippen LogP contribution in [0.2, 0.25) is 10.0 Å². The van der Waals surface area contributed by atoms with Gasteiger partial charge in [-0.3, -0.25) is 30.6 Å². The SMILES string of the molecule is CCOC(=O)C1CCCN(c2ncnc(NNC(=O)c3ccc(Cl)cc3Cl)c2[N+](=O)[O-])C1. The second-order valence-electron chi connectivity index (χ2n) is 6.89. The Morgan fingerprint density at radius 1 is 1.34 bits per heavy atom. The summed E-state index contributed by atoms with van der Waals surface area (Å²) in [5.74, 6) is -1.57. The molecule has 2 N–H and O–H groups in total. The first-order valence-corrected chi connectivity index (χ1v) is 10.5. The Bertz CT molecular complexity index is 1040. The number of carbonyl (C=O) groups excluding carboxylic acids is 2. The van der Waals surface area contributed by atoms with E-state index in [0.29, 0.717) is 24.4 Å². The van der Waals surface area contributed by atoms with E-state index in [4.69, 9.17) is 27.9 Å². The van der Waals surface area contributed by atoms with Crippen molar-refractivity contribution in [2.24, 2.45) is 5.92 Å². The van der Waals surface area contributed by atoms with Crippen LogP contribution in [-0.4, -0.2) is 46.5 Å². The summed E-state index contributed by atoms with van der Waals surface area (Å²) in [4.78, 5) is 45.3. The Hall–Kier alpha value is -3.18. The highest BCUT2D eigenvalue weighted by Gasteiger charge is 2.33. The lowest BCUT2D eigenvalue weighted by atomic mass is 9.98. The molecule has 1 amide bonds. The van der Waals surface area contributed by atoms with Crippen molar-refractivity contribution in [2.75, 3.05) is 30.0 Å². The first-order chi connectivity index (χ1) is 15.3. The Kier molecular flexibility index (Phi) is 7.65. The number of halogens is 2. The number of rotatable bonds is 7. The summed E-state index contributed by atoms with van der Waals surface area (Å²) in [5.41, 5.74) is 4.50. The molecule has 0 saturated carbocycles.